The molecule has 4 rings (SSSR count). The lowest BCUT2D eigenvalue weighted by Gasteiger charge is -2.33. The fourth-order valence-corrected chi connectivity index (χ4v) is 3.32. The molecule has 3 aromatic heterocycles. The number of hydrogen-bond acceptors (Lipinski definition) is 7. The quantitative estimate of drug-likeness (QED) is 0.743. The van der Waals surface area contributed by atoms with Gasteiger partial charge in [0.1, 0.15) is 11.9 Å². The van der Waals surface area contributed by atoms with Crippen molar-refractivity contribution in [2.45, 2.75) is 25.2 Å². The maximum atomic E-state index is 12.1. The molecule has 0 radical (unpaired) electrons. The van der Waals surface area contributed by atoms with Crippen molar-refractivity contribution >= 4 is 28.1 Å². The molecule has 9 nitrogen and oxygen atoms in total. The Morgan fingerprint density at radius 1 is 1.42 bits per heavy atom. The van der Waals surface area contributed by atoms with E-state index in [0.29, 0.717) is 29.9 Å². The number of rotatable bonds is 2. The van der Waals surface area contributed by atoms with Gasteiger partial charge in [0.15, 0.2) is 11.3 Å². The molecule has 4 heterocycles. The standard InChI is InChI=1S/C15H14N8O/c16-5-3-11(24)23-7-1-2-9(8-23)10-4-6-17-14-12(10)13-15(20-19-14)21-22-18-13/h4,6,9H,1-3,7-8H2,(H,18,20,21,22). The Bertz CT molecular complexity index is 959. The van der Waals surface area contributed by atoms with E-state index >= 15 is 0 Å². The van der Waals surface area contributed by atoms with Gasteiger partial charge in [0.2, 0.25) is 5.91 Å². The van der Waals surface area contributed by atoms with Crippen LogP contribution in [-0.4, -0.2) is 54.5 Å². The van der Waals surface area contributed by atoms with E-state index in [4.69, 9.17) is 5.26 Å². The molecule has 3 aromatic rings. The molecule has 0 aliphatic carbocycles. The second kappa shape index (κ2) is 5.81. The molecule has 1 N–H and O–H groups in total. The normalized spacial score (nSPS) is 18.0. The number of carbonyl (C=O) groups excluding carboxylic acids is 1. The van der Waals surface area contributed by atoms with Gasteiger partial charge in [-0.3, -0.25) is 4.79 Å². The number of piperidine rings is 1. The number of H-pyrrole nitrogens is 1. The van der Waals surface area contributed by atoms with Crippen LogP contribution in [0.4, 0.5) is 0 Å². The second-order valence-corrected chi connectivity index (χ2v) is 5.82. The first-order valence-electron chi connectivity index (χ1n) is 7.74. The van der Waals surface area contributed by atoms with Crippen molar-refractivity contribution in [1.29, 1.82) is 5.26 Å². The van der Waals surface area contributed by atoms with E-state index in [1.54, 1.807) is 11.1 Å². The van der Waals surface area contributed by atoms with Crippen molar-refractivity contribution in [2.75, 3.05) is 13.1 Å². The van der Waals surface area contributed by atoms with E-state index in [1.165, 1.54) is 0 Å². The predicted molar refractivity (Wildman–Crippen MR) is 83.6 cm³/mol. The first-order chi connectivity index (χ1) is 11.8. The topological polar surface area (TPSA) is 124 Å². The number of fused-ring (bicyclic) bond motifs is 3. The van der Waals surface area contributed by atoms with Crippen LogP contribution in [-0.2, 0) is 4.79 Å². The third-order valence-electron chi connectivity index (χ3n) is 4.42. The fraction of sp³-hybridized carbons (Fsp3) is 0.400. The number of aromatic amines is 1. The van der Waals surface area contributed by atoms with Crippen LogP contribution < -0.4 is 0 Å². The summed E-state index contributed by atoms with van der Waals surface area (Å²) in [5, 5.41) is 28.4. The van der Waals surface area contributed by atoms with Gasteiger partial charge in [0.25, 0.3) is 0 Å². The van der Waals surface area contributed by atoms with Gasteiger partial charge in [0.05, 0.1) is 11.5 Å². The molecule has 0 bridgehead atoms. The molecule has 1 amide bonds. The Kier molecular flexibility index (Phi) is 3.49. The maximum Gasteiger partial charge on any atom is 0.236 e. The minimum Gasteiger partial charge on any atom is -0.341 e. The molecule has 0 aromatic carbocycles. The second-order valence-electron chi connectivity index (χ2n) is 5.82. The van der Waals surface area contributed by atoms with Crippen molar-refractivity contribution in [2.24, 2.45) is 0 Å². The highest BCUT2D eigenvalue weighted by Gasteiger charge is 2.27. The zero-order valence-corrected chi connectivity index (χ0v) is 12.8. The largest absolute Gasteiger partial charge is 0.341 e. The SMILES string of the molecule is N#CCC(=O)N1CCCC(c2ccnc3nnc4[nH]nnc4c23)C1. The molecule has 1 fully saturated rings. The summed E-state index contributed by atoms with van der Waals surface area (Å²) in [5.74, 6) is 0.0305. The highest BCUT2D eigenvalue weighted by atomic mass is 16.2. The van der Waals surface area contributed by atoms with Crippen LogP contribution in [0.15, 0.2) is 12.3 Å². The summed E-state index contributed by atoms with van der Waals surface area (Å²) in [6.45, 7) is 1.28. The number of amides is 1. The van der Waals surface area contributed by atoms with Crippen molar-refractivity contribution < 1.29 is 4.79 Å². The predicted octanol–water partition coefficient (Wildman–Crippen LogP) is 0.916. The van der Waals surface area contributed by atoms with Crippen LogP contribution in [0.1, 0.15) is 30.7 Å². The van der Waals surface area contributed by atoms with Crippen LogP contribution in [0.2, 0.25) is 0 Å². The maximum absolute atomic E-state index is 12.1. The van der Waals surface area contributed by atoms with Crippen molar-refractivity contribution in [3.8, 4) is 6.07 Å². The van der Waals surface area contributed by atoms with E-state index in [0.717, 1.165) is 23.8 Å². The van der Waals surface area contributed by atoms with Crippen molar-refractivity contribution in [3.05, 3.63) is 17.8 Å². The number of aromatic nitrogens is 6. The lowest BCUT2D eigenvalue weighted by Crippen LogP contribution is -2.38. The van der Waals surface area contributed by atoms with E-state index in [1.807, 2.05) is 12.1 Å². The van der Waals surface area contributed by atoms with E-state index in [9.17, 15) is 4.79 Å². The van der Waals surface area contributed by atoms with Gasteiger partial charge in [-0.1, -0.05) is 5.21 Å². The molecule has 1 aliphatic rings. The molecule has 9 heteroatoms. The Labute approximate surface area is 136 Å². The average Bonchev–Trinajstić information content (AvgIpc) is 3.10. The number of nitrogens with one attached hydrogen (secondary N) is 1. The van der Waals surface area contributed by atoms with E-state index < -0.39 is 0 Å². The zero-order chi connectivity index (χ0) is 16.5. The number of nitrogens with zero attached hydrogens (tertiary/aromatic N) is 7. The molecule has 1 saturated heterocycles. The van der Waals surface area contributed by atoms with Crippen LogP contribution >= 0.6 is 0 Å². The van der Waals surface area contributed by atoms with Crippen molar-refractivity contribution in [1.82, 2.24) is 35.5 Å². The molecule has 1 aliphatic heterocycles. The van der Waals surface area contributed by atoms with Crippen LogP contribution in [0.5, 0.6) is 0 Å². The smallest absolute Gasteiger partial charge is 0.236 e. The molecule has 1 unspecified atom stereocenters. The number of likely N-dealkylation sites (tertiary alicyclic amines) is 1. The van der Waals surface area contributed by atoms with Gasteiger partial charge in [-0.25, -0.2) is 10.1 Å². The summed E-state index contributed by atoms with van der Waals surface area (Å²) in [4.78, 5) is 18.1. The summed E-state index contributed by atoms with van der Waals surface area (Å²) >= 11 is 0. The molecular formula is C15H14N8O. The van der Waals surface area contributed by atoms with Crippen molar-refractivity contribution in [3.63, 3.8) is 0 Å². The third-order valence-corrected chi connectivity index (χ3v) is 4.42. The Morgan fingerprint density at radius 3 is 3.21 bits per heavy atom. The summed E-state index contributed by atoms with van der Waals surface area (Å²) < 4.78 is 0. The summed E-state index contributed by atoms with van der Waals surface area (Å²) in [6.07, 6.45) is 3.47. The van der Waals surface area contributed by atoms with Gasteiger partial charge in [0, 0.05) is 25.2 Å². The highest BCUT2D eigenvalue weighted by molar-refractivity contribution is 6.00. The number of pyridine rings is 1. The van der Waals surface area contributed by atoms with Crippen LogP contribution in [0.3, 0.4) is 0 Å². The number of carbonyl (C=O) groups is 1. The minimum absolute atomic E-state index is 0.0805. The molecule has 120 valence electrons. The molecule has 24 heavy (non-hydrogen) atoms. The fourth-order valence-electron chi connectivity index (χ4n) is 3.32. The Morgan fingerprint density at radius 2 is 2.33 bits per heavy atom. The average molecular weight is 322 g/mol. The molecular weight excluding hydrogens is 308 g/mol. The number of nitriles is 1. The summed E-state index contributed by atoms with van der Waals surface area (Å²) in [5.41, 5.74) is 2.73. The van der Waals surface area contributed by atoms with Gasteiger partial charge in [-0.05, 0) is 24.5 Å². The number of hydrogen-bond donors (Lipinski definition) is 1. The lowest BCUT2D eigenvalue weighted by molar-refractivity contribution is -0.131. The lowest BCUT2D eigenvalue weighted by atomic mass is 9.89. The molecule has 0 spiro atoms. The first-order valence-corrected chi connectivity index (χ1v) is 7.74. The highest BCUT2D eigenvalue weighted by Crippen LogP contribution is 2.33. The van der Waals surface area contributed by atoms with Gasteiger partial charge < -0.3 is 4.90 Å². The first kappa shape index (κ1) is 14.4. The third kappa shape index (κ3) is 2.32. The van der Waals surface area contributed by atoms with E-state index in [2.05, 4.69) is 30.6 Å². The minimum atomic E-state index is -0.119. The zero-order valence-electron chi connectivity index (χ0n) is 12.8. The van der Waals surface area contributed by atoms with E-state index in [-0.39, 0.29) is 18.2 Å². The van der Waals surface area contributed by atoms with Crippen LogP contribution in [0.25, 0.3) is 22.2 Å². The van der Waals surface area contributed by atoms with Gasteiger partial charge >= 0.3 is 0 Å². The molecule has 0 saturated carbocycles. The Hall–Kier alpha value is -3.15. The Balaban J connectivity index is 1.77. The van der Waals surface area contributed by atoms with Crippen LogP contribution in [0, 0.1) is 11.3 Å². The summed E-state index contributed by atoms with van der Waals surface area (Å²) in [7, 11) is 0. The molecule has 1 atom stereocenters. The van der Waals surface area contributed by atoms with Gasteiger partial charge in [-0.2, -0.15) is 5.26 Å². The summed E-state index contributed by atoms with van der Waals surface area (Å²) in [6, 6.07) is 3.87. The monoisotopic (exact) mass is 322 g/mol. The van der Waals surface area contributed by atoms with Gasteiger partial charge in [-0.15, -0.1) is 15.3 Å².